The van der Waals surface area contributed by atoms with Crippen LogP contribution in [0.4, 0.5) is 0 Å². The van der Waals surface area contributed by atoms with Gasteiger partial charge in [0.1, 0.15) is 0 Å². The van der Waals surface area contributed by atoms with Crippen LogP contribution in [0.25, 0.3) is 0 Å². The lowest BCUT2D eigenvalue weighted by atomic mass is 11.0. The van der Waals surface area contributed by atoms with Crippen LogP contribution in [-0.4, -0.2) is 5.75 Å². The van der Waals surface area contributed by atoms with Crippen molar-refractivity contribution < 1.29 is 0 Å². The van der Waals surface area contributed by atoms with E-state index in [1.165, 1.54) is 14.6 Å². The van der Waals surface area contributed by atoms with Crippen LogP contribution in [0.3, 0.4) is 0 Å². The molecule has 0 heterocycles. The molecule has 1 atom stereocenters. The zero-order valence-corrected chi connectivity index (χ0v) is 12.8. The molecule has 0 aromatic rings. The Labute approximate surface area is 94.4 Å². The Morgan fingerprint density at radius 1 is 1.60 bits per heavy atom. The zero-order chi connectivity index (χ0) is 7.98. The smallest absolute Gasteiger partial charge is 0.00458 e. The van der Waals surface area contributed by atoms with Gasteiger partial charge in [-0.15, -0.1) is 0 Å². The molecule has 0 amide bonds. The van der Waals surface area contributed by atoms with E-state index in [9.17, 15) is 0 Å². The van der Waals surface area contributed by atoms with Crippen molar-refractivity contribution in [2.75, 3.05) is 5.75 Å². The van der Waals surface area contributed by atoms with Gasteiger partial charge in [-0.1, -0.05) is 13.5 Å². The lowest BCUT2D eigenvalue weighted by molar-refractivity contribution is 1.54. The quantitative estimate of drug-likeness (QED) is 0.499. The normalized spacial score (nSPS) is 11.8. The van der Waals surface area contributed by atoms with Gasteiger partial charge in [0, 0.05) is 27.0 Å². The molecular formula is C2H5IS7. The van der Waals surface area contributed by atoms with Crippen molar-refractivity contribution in [1.29, 1.82) is 0 Å². The first-order valence-electron chi connectivity index (χ1n) is 2.15. The third-order valence-corrected chi connectivity index (χ3v) is 24.2. The summed E-state index contributed by atoms with van der Waals surface area (Å²) in [5.41, 5.74) is 0. The van der Waals surface area contributed by atoms with E-state index < -0.39 is 0 Å². The van der Waals surface area contributed by atoms with Gasteiger partial charge in [0.15, 0.2) is 0 Å². The summed E-state index contributed by atoms with van der Waals surface area (Å²) in [7, 11) is 4.71. The second-order valence-electron chi connectivity index (χ2n) is 0.987. The maximum atomic E-state index is 5.24. The van der Waals surface area contributed by atoms with Crippen molar-refractivity contribution in [1.82, 2.24) is 0 Å². The average Bonchev–Trinajstić information content (AvgIpc) is 1.98. The molecule has 0 saturated carbocycles. The van der Waals surface area contributed by atoms with Gasteiger partial charge in [0.05, 0.1) is 0 Å². The number of halogens is 1. The number of rotatable bonds is 1. The SMILES string of the molecule is CCS(I)=S(=S)=S=S=S=S. The van der Waals surface area contributed by atoms with Crippen LogP contribution in [0.5, 0.6) is 0 Å². The molecule has 0 aromatic carbocycles. The van der Waals surface area contributed by atoms with Gasteiger partial charge in [0.2, 0.25) is 0 Å². The Kier molecular flexibility index (Phi) is 9.94. The van der Waals surface area contributed by atoms with Gasteiger partial charge in [-0.3, -0.25) is 0 Å². The lowest BCUT2D eigenvalue weighted by Crippen LogP contribution is -1.77. The Morgan fingerprint density at radius 3 is 2.60 bits per heavy atom. The zero-order valence-electron chi connectivity index (χ0n) is 4.94. The molecule has 62 valence electrons. The van der Waals surface area contributed by atoms with Crippen molar-refractivity contribution >= 4 is 83.4 Å². The van der Waals surface area contributed by atoms with E-state index in [-0.39, 0.29) is 6.57 Å². The van der Waals surface area contributed by atoms with Gasteiger partial charge in [-0.05, 0) is 55.6 Å². The first kappa shape index (κ1) is 12.4. The highest BCUT2D eigenvalue weighted by atomic mass is 127. The average molecular weight is 380 g/mol. The Morgan fingerprint density at radius 2 is 2.20 bits per heavy atom. The highest BCUT2D eigenvalue weighted by Crippen LogP contribution is 1.94. The van der Waals surface area contributed by atoms with E-state index >= 15 is 0 Å². The summed E-state index contributed by atoms with van der Waals surface area (Å²) < 4.78 is 0. The van der Waals surface area contributed by atoms with Crippen molar-refractivity contribution in [3.8, 4) is 0 Å². The number of hydrogen-bond donors (Lipinski definition) is 0. The standard InChI is InChI=1S/C2H5IS7/c1-2-9(3)10(5)8-7-6-4/h2H2,1H3. The first-order valence-corrected chi connectivity index (χ1v) is 13.7. The maximum absolute atomic E-state index is 5.24. The first-order chi connectivity index (χ1) is 4.72. The summed E-state index contributed by atoms with van der Waals surface area (Å²) in [6.07, 6.45) is 0. The monoisotopic (exact) mass is 380 g/mol. The van der Waals surface area contributed by atoms with E-state index in [0.29, 0.717) is 6.63 Å². The predicted octanol–water partition coefficient (Wildman–Crippen LogP) is 1.42. The minimum atomic E-state index is 0.0752. The molecule has 0 rings (SSSR count). The van der Waals surface area contributed by atoms with Gasteiger partial charge in [0.25, 0.3) is 0 Å². The summed E-state index contributed by atoms with van der Waals surface area (Å²) in [6, 6.07) is 0. The summed E-state index contributed by atoms with van der Waals surface area (Å²) >= 11 is 12.4. The minimum Gasteiger partial charge on any atom is -0.0580 e. The van der Waals surface area contributed by atoms with Crippen LogP contribution in [0.2, 0.25) is 0 Å². The molecule has 0 bridgehead atoms. The molecule has 0 fully saturated rings. The van der Waals surface area contributed by atoms with Crippen LogP contribution in [0.1, 0.15) is 6.92 Å². The molecule has 1 unspecified atom stereocenters. The van der Waals surface area contributed by atoms with Crippen LogP contribution >= 0.6 is 21.2 Å². The third kappa shape index (κ3) is 5.98. The molecule has 0 saturated heterocycles. The van der Waals surface area contributed by atoms with E-state index in [4.69, 9.17) is 22.4 Å². The molecule has 8 heteroatoms. The summed E-state index contributed by atoms with van der Waals surface area (Å²) in [5.74, 6) is 1.18. The van der Waals surface area contributed by atoms with E-state index in [1.807, 2.05) is 0 Å². The molecule has 0 nitrogen and oxygen atoms in total. The van der Waals surface area contributed by atoms with Gasteiger partial charge in [-0.2, -0.15) is 0 Å². The van der Waals surface area contributed by atoms with E-state index in [2.05, 4.69) is 28.1 Å². The Bertz CT molecular complexity index is 332. The molecular weight excluding hydrogens is 375 g/mol. The lowest BCUT2D eigenvalue weighted by Gasteiger charge is -1.82. The molecule has 0 spiro atoms. The third-order valence-electron chi connectivity index (χ3n) is 0.486. The molecule has 0 aromatic heterocycles. The van der Waals surface area contributed by atoms with Crippen LogP contribution < -0.4 is 0 Å². The van der Waals surface area contributed by atoms with Crippen LogP contribution in [0, 0.1) is 0 Å². The molecule has 10 heavy (non-hydrogen) atoms. The highest BCUT2D eigenvalue weighted by molar-refractivity contribution is 14.2. The van der Waals surface area contributed by atoms with Gasteiger partial charge < -0.3 is 0 Å². The summed E-state index contributed by atoms with van der Waals surface area (Å²) in [4.78, 5) is 0. The Hall–Kier alpha value is 2.40. The van der Waals surface area contributed by atoms with Gasteiger partial charge >= 0.3 is 0 Å². The molecule has 0 radical (unpaired) electrons. The molecule has 0 aliphatic rings. The molecule has 0 aliphatic carbocycles. The largest absolute Gasteiger partial charge is 0.0580 e. The highest BCUT2D eigenvalue weighted by Gasteiger charge is 1.77. The number of hydrogen-bond acceptors (Lipinski definition) is 2. The Balaban J connectivity index is 5.43. The fourth-order valence-electron chi connectivity index (χ4n) is 0.160. The summed E-state index contributed by atoms with van der Waals surface area (Å²) in [6.45, 7) is 2.62. The molecule has 0 aliphatic heterocycles. The van der Waals surface area contributed by atoms with Gasteiger partial charge in [-0.25, -0.2) is 0 Å². The summed E-state index contributed by atoms with van der Waals surface area (Å²) in [5, 5.41) is 0. The van der Waals surface area contributed by atoms with E-state index in [0.717, 1.165) is 0 Å². The minimum absolute atomic E-state index is 0.0752. The topological polar surface area (TPSA) is 0 Å². The maximum Gasteiger partial charge on any atom is 0.00458 e. The van der Waals surface area contributed by atoms with Crippen LogP contribution in [0.15, 0.2) is 0 Å². The van der Waals surface area contributed by atoms with Crippen molar-refractivity contribution in [3.63, 3.8) is 0 Å². The fourth-order valence-corrected chi connectivity index (χ4v) is 18.2. The second-order valence-corrected chi connectivity index (χ2v) is 18.9. The molecule has 0 N–H and O–H groups in total. The second kappa shape index (κ2) is 8.02. The fraction of sp³-hybridized carbons (Fsp3) is 1.00. The van der Waals surface area contributed by atoms with Crippen molar-refractivity contribution in [3.05, 3.63) is 0 Å². The predicted molar refractivity (Wildman–Crippen MR) is 76.1 cm³/mol. The van der Waals surface area contributed by atoms with E-state index in [1.54, 1.807) is 17.8 Å². The van der Waals surface area contributed by atoms with Crippen LogP contribution in [-0.2, 0) is 62.2 Å². The van der Waals surface area contributed by atoms with Crippen molar-refractivity contribution in [2.45, 2.75) is 6.92 Å². The van der Waals surface area contributed by atoms with Crippen molar-refractivity contribution in [2.24, 2.45) is 0 Å².